The zero-order valence-electron chi connectivity index (χ0n) is 19.9. The quantitative estimate of drug-likeness (QED) is 0.289. The molecule has 3 heteroatoms. The number of hydrogen-bond acceptors (Lipinski definition) is 0. The number of allylic oxidation sites excluding steroid dienone is 2. The summed E-state index contributed by atoms with van der Waals surface area (Å²) in [6.07, 6.45) is 11.6. The highest BCUT2D eigenvalue weighted by Gasteiger charge is 2.41. The van der Waals surface area contributed by atoms with Crippen molar-refractivity contribution in [2.75, 3.05) is 0 Å². The van der Waals surface area contributed by atoms with E-state index in [2.05, 4.69) is 122 Å². The molecule has 0 fully saturated rings. The van der Waals surface area contributed by atoms with Gasteiger partial charge >= 0.3 is 0 Å². The Morgan fingerprint density at radius 3 is 1.36 bits per heavy atom. The summed E-state index contributed by atoms with van der Waals surface area (Å²) in [5, 5.41) is 3.28. The highest BCUT2D eigenvalue weighted by Crippen LogP contribution is 2.49. The minimum atomic E-state index is -1.91. The monoisotopic (exact) mass is 446 g/mol. The summed E-state index contributed by atoms with van der Waals surface area (Å²) in [7, 11) is -1.91. The molecule has 2 aromatic carbocycles. The van der Waals surface area contributed by atoms with E-state index in [0.29, 0.717) is 0 Å². The molecule has 0 bridgehead atoms. The maximum Gasteiger partial charge on any atom is 0.113 e. The Balaban J connectivity index is 1.43. The molecule has 0 saturated carbocycles. The SMILES string of the molecule is CC1=C([Si](C)(C)C2=C(C)Cc3cn(-c4ccccc4)cc32)c2cn(-c3ccccc3)cc2C1. The van der Waals surface area contributed by atoms with Crippen molar-refractivity contribution in [2.45, 2.75) is 39.8 Å². The van der Waals surface area contributed by atoms with Crippen molar-refractivity contribution in [1.82, 2.24) is 9.13 Å². The smallest absolute Gasteiger partial charge is 0.113 e. The van der Waals surface area contributed by atoms with E-state index >= 15 is 0 Å². The van der Waals surface area contributed by atoms with Gasteiger partial charge in [0.15, 0.2) is 0 Å². The third-order valence-corrected chi connectivity index (χ3v) is 11.4. The molecule has 0 spiro atoms. The predicted octanol–water partition coefficient (Wildman–Crippen LogP) is 7.41. The molecule has 0 N–H and O–H groups in total. The molecule has 0 amide bonds. The molecule has 0 saturated heterocycles. The van der Waals surface area contributed by atoms with Crippen LogP contribution < -0.4 is 0 Å². The van der Waals surface area contributed by atoms with Crippen LogP contribution in [0.5, 0.6) is 0 Å². The number of nitrogens with zero attached hydrogens (tertiary/aromatic N) is 2. The number of aromatic nitrogens is 2. The van der Waals surface area contributed by atoms with Gasteiger partial charge in [-0.05, 0) is 83.6 Å². The third-order valence-electron chi connectivity index (χ3n) is 7.48. The van der Waals surface area contributed by atoms with Gasteiger partial charge in [-0.15, -0.1) is 0 Å². The van der Waals surface area contributed by atoms with Gasteiger partial charge in [0.1, 0.15) is 8.07 Å². The summed E-state index contributed by atoms with van der Waals surface area (Å²) in [4.78, 5) is 0. The summed E-state index contributed by atoms with van der Waals surface area (Å²) < 4.78 is 4.63. The van der Waals surface area contributed by atoms with Crippen LogP contribution in [0.4, 0.5) is 0 Å². The van der Waals surface area contributed by atoms with Crippen molar-refractivity contribution in [1.29, 1.82) is 0 Å². The summed E-state index contributed by atoms with van der Waals surface area (Å²) in [5.41, 5.74) is 11.5. The van der Waals surface area contributed by atoms with Gasteiger partial charge in [0.05, 0.1) is 0 Å². The van der Waals surface area contributed by atoms with E-state index in [1.54, 1.807) is 21.5 Å². The molecule has 0 atom stereocenters. The standard InChI is InChI=1S/C30H30N2Si/c1-21-15-23-17-31(25-11-7-5-8-12-25)19-27(23)29(21)33(3,4)30-22(2)16-24-18-32(20-28(24)30)26-13-9-6-10-14-26/h5-14,17-20H,15-16H2,1-4H3. The topological polar surface area (TPSA) is 9.86 Å². The summed E-state index contributed by atoms with van der Waals surface area (Å²) in [6.45, 7) is 9.85. The minimum absolute atomic E-state index is 1.07. The van der Waals surface area contributed by atoms with Crippen molar-refractivity contribution in [2.24, 2.45) is 0 Å². The fourth-order valence-corrected chi connectivity index (χ4v) is 10.7. The lowest BCUT2D eigenvalue weighted by Crippen LogP contribution is -2.31. The van der Waals surface area contributed by atoms with Crippen molar-refractivity contribution in [3.8, 4) is 11.4 Å². The Hall–Kier alpha value is -3.30. The lowest BCUT2D eigenvalue weighted by molar-refractivity contribution is 1.06. The molecule has 2 heterocycles. The van der Waals surface area contributed by atoms with Crippen LogP contribution in [0.1, 0.15) is 36.1 Å². The molecule has 164 valence electrons. The molecule has 2 aromatic heterocycles. The first-order chi connectivity index (χ1) is 15.9. The Morgan fingerprint density at radius 2 is 0.970 bits per heavy atom. The van der Waals surface area contributed by atoms with Crippen molar-refractivity contribution in [3.63, 3.8) is 0 Å². The molecule has 4 aromatic rings. The Labute approximate surface area is 197 Å². The van der Waals surface area contributed by atoms with E-state index in [1.807, 2.05) is 0 Å². The van der Waals surface area contributed by atoms with Crippen LogP contribution in [0.15, 0.2) is 96.6 Å². The first-order valence-electron chi connectivity index (χ1n) is 11.9. The highest BCUT2D eigenvalue weighted by molar-refractivity contribution is 7.09. The lowest BCUT2D eigenvalue weighted by atomic mass is 10.2. The molecule has 6 rings (SSSR count). The van der Waals surface area contributed by atoms with Crippen LogP contribution in [-0.2, 0) is 12.8 Å². The van der Waals surface area contributed by atoms with E-state index in [9.17, 15) is 0 Å². The molecular formula is C30H30N2Si. The Kier molecular flexibility index (Phi) is 4.53. The number of para-hydroxylation sites is 2. The largest absolute Gasteiger partial charge is 0.323 e. The molecule has 0 aliphatic heterocycles. The van der Waals surface area contributed by atoms with Crippen LogP contribution >= 0.6 is 0 Å². The van der Waals surface area contributed by atoms with E-state index in [0.717, 1.165) is 12.8 Å². The second-order valence-electron chi connectivity index (χ2n) is 10.2. The Morgan fingerprint density at radius 1 is 0.576 bits per heavy atom. The summed E-state index contributed by atoms with van der Waals surface area (Å²) in [5.74, 6) is 0. The number of hydrogen-bond donors (Lipinski definition) is 0. The van der Waals surface area contributed by atoms with E-state index < -0.39 is 8.07 Å². The van der Waals surface area contributed by atoms with E-state index in [1.165, 1.54) is 33.6 Å². The molecule has 33 heavy (non-hydrogen) atoms. The molecule has 0 radical (unpaired) electrons. The van der Waals surface area contributed by atoms with Crippen molar-refractivity contribution >= 4 is 18.5 Å². The molecule has 0 unspecified atom stereocenters. The average molecular weight is 447 g/mol. The summed E-state index contributed by atoms with van der Waals surface area (Å²) >= 11 is 0. The van der Waals surface area contributed by atoms with Crippen LogP contribution in [-0.4, -0.2) is 17.2 Å². The second-order valence-corrected chi connectivity index (χ2v) is 14.4. The van der Waals surface area contributed by atoms with Gasteiger partial charge in [0.25, 0.3) is 0 Å². The summed E-state index contributed by atoms with van der Waals surface area (Å²) in [6, 6.07) is 21.4. The number of rotatable bonds is 4. The fourth-order valence-electron chi connectivity index (χ4n) is 6.30. The van der Waals surface area contributed by atoms with E-state index in [4.69, 9.17) is 0 Å². The van der Waals surface area contributed by atoms with Crippen molar-refractivity contribution < 1.29 is 0 Å². The van der Waals surface area contributed by atoms with E-state index in [-0.39, 0.29) is 0 Å². The predicted molar refractivity (Wildman–Crippen MR) is 142 cm³/mol. The first kappa shape index (κ1) is 20.3. The third kappa shape index (κ3) is 3.14. The van der Waals surface area contributed by atoms with Gasteiger partial charge in [-0.2, -0.15) is 0 Å². The van der Waals surface area contributed by atoms with Crippen LogP contribution in [0, 0.1) is 0 Å². The van der Waals surface area contributed by atoms with Gasteiger partial charge < -0.3 is 9.13 Å². The zero-order valence-corrected chi connectivity index (χ0v) is 20.9. The molecule has 2 nitrogen and oxygen atoms in total. The van der Waals surface area contributed by atoms with Crippen LogP contribution in [0.3, 0.4) is 0 Å². The van der Waals surface area contributed by atoms with Gasteiger partial charge in [-0.3, -0.25) is 0 Å². The van der Waals surface area contributed by atoms with Gasteiger partial charge in [-0.25, -0.2) is 0 Å². The van der Waals surface area contributed by atoms with Crippen LogP contribution in [0.25, 0.3) is 21.8 Å². The molecular weight excluding hydrogens is 416 g/mol. The number of fused-ring (bicyclic) bond motifs is 2. The maximum absolute atomic E-state index is 2.56. The molecule has 2 aliphatic rings. The van der Waals surface area contributed by atoms with Gasteiger partial charge in [0, 0.05) is 36.2 Å². The fraction of sp³-hybridized carbons (Fsp3) is 0.200. The van der Waals surface area contributed by atoms with Crippen molar-refractivity contribution in [3.05, 3.63) is 119 Å². The van der Waals surface area contributed by atoms with Gasteiger partial charge in [0.2, 0.25) is 0 Å². The number of benzene rings is 2. The normalized spacial score (nSPS) is 15.4. The minimum Gasteiger partial charge on any atom is -0.323 e. The Bertz CT molecular complexity index is 1320. The van der Waals surface area contributed by atoms with Gasteiger partial charge in [-0.1, -0.05) is 60.6 Å². The lowest BCUT2D eigenvalue weighted by Gasteiger charge is -2.29. The second kappa shape index (κ2) is 7.36. The zero-order chi connectivity index (χ0) is 22.7. The molecule has 2 aliphatic carbocycles. The van der Waals surface area contributed by atoms with Crippen LogP contribution in [0.2, 0.25) is 13.1 Å². The average Bonchev–Trinajstić information content (AvgIpc) is 3.53. The maximum atomic E-state index is 2.56. The first-order valence-corrected chi connectivity index (χ1v) is 14.9. The highest BCUT2D eigenvalue weighted by atomic mass is 28.3.